The van der Waals surface area contributed by atoms with E-state index in [4.69, 9.17) is 23.2 Å². The van der Waals surface area contributed by atoms with Crippen molar-refractivity contribution in [1.82, 2.24) is 10.2 Å². The van der Waals surface area contributed by atoms with E-state index in [1.54, 1.807) is 25.1 Å². The first-order valence-electron chi connectivity index (χ1n) is 11.8. The molecule has 3 aromatic carbocycles. The number of halogens is 2. The van der Waals surface area contributed by atoms with Gasteiger partial charge in [-0.3, -0.25) is 13.9 Å². The Morgan fingerprint density at radius 1 is 0.946 bits per heavy atom. The summed E-state index contributed by atoms with van der Waals surface area (Å²) < 4.78 is 28.4. The standard InChI is InChI=1S/C27H29Cl2N3O4S/c1-3-24(27(34)30-2)31(17-16-20-10-6-4-7-11-20)26(33)19-32(25-18-21(28)14-15-23(25)29)37(35,36)22-12-8-5-9-13-22/h4-15,18,24H,3,16-17,19H2,1-2H3,(H,30,34). The molecule has 2 amide bonds. The van der Waals surface area contributed by atoms with E-state index in [1.165, 1.54) is 42.3 Å². The monoisotopic (exact) mass is 561 g/mol. The molecule has 3 rings (SSSR count). The van der Waals surface area contributed by atoms with E-state index in [1.807, 2.05) is 30.3 Å². The van der Waals surface area contributed by atoms with Crippen molar-refractivity contribution >= 4 is 50.7 Å². The summed E-state index contributed by atoms with van der Waals surface area (Å²) in [6.45, 7) is 1.45. The fourth-order valence-electron chi connectivity index (χ4n) is 3.97. The molecule has 1 atom stereocenters. The number of hydrogen-bond donors (Lipinski definition) is 1. The van der Waals surface area contributed by atoms with Crippen LogP contribution in [0.25, 0.3) is 0 Å². The molecule has 0 heterocycles. The van der Waals surface area contributed by atoms with Crippen LogP contribution in [-0.2, 0) is 26.0 Å². The van der Waals surface area contributed by atoms with E-state index in [0.29, 0.717) is 12.8 Å². The van der Waals surface area contributed by atoms with Gasteiger partial charge in [0.2, 0.25) is 11.8 Å². The second kappa shape index (κ2) is 12.9. The van der Waals surface area contributed by atoms with E-state index < -0.39 is 28.5 Å². The second-order valence-corrected chi connectivity index (χ2v) is 11.0. The van der Waals surface area contributed by atoms with Crippen LogP contribution in [0.2, 0.25) is 10.0 Å². The summed E-state index contributed by atoms with van der Waals surface area (Å²) in [5, 5.41) is 2.98. The predicted octanol–water partition coefficient (Wildman–Crippen LogP) is 4.78. The number of carbonyl (C=O) groups excluding carboxylic acids is 2. The third-order valence-electron chi connectivity index (χ3n) is 5.90. The largest absolute Gasteiger partial charge is 0.357 e. The summed E-state index contributed by atoms with van der Waals surface area (Å²) in [7, 11) is -2.70. The maximum absolute atomic E-state index is 13.8. The molecule has 37 heavy (non-hydrogen) atoms. The number of rotatable bonds is 11. The molecule has 0 aromatic heterocycles. The van der Waals surface area contributed by atoms with Gasteiger partial charge in [0.05, 0.1) is 15.6 Å². The Balaban J connectivity index is 2.03. The van der Waals surface area contributed by atoms with Crippen LogP contribution >= 0.6 is 23.2 Å². The van der Waals surface area contributed by atoms with Gasteiger partial charge in [0, 0.05) is 18.6 Å². The van der Waals surface area contributed by atoms with Crippen LogP contribution in [0.4, 0.5) is 5.69 Å². The Kier molecular flexibility index (Phi) is 9.97. The lowest BCUT2D eigenvalue weighted by Crippen LogP contribution is -2.52. The summed E-state index contributed by atoms with van der Waals surface area (Å²) in [5.74, 6) is -0.871. The maximum Gasteiger partial charge on any atom is 0.264 e. The smallest absolute Gasteiger partial charge is 0.264 e. The number of nitrogens with one attached hydrogen (secondary N) is 1. The van der Waals surface area contributed by atoms with Gasteiger partial charge in [-0.1, -0.05) is 78.7 Å². The number of benzene rings is 3. The first kappa shape index (κ1) is 28.5. The number of likely N-dealkylation sites (N-methyl/N-ethyl adjacent to an activating group) is 1. The van der Waals surface area contributed by atoms with Crippen LogP contribution in [0, 0.1) is 0 Å². The second-order valence-electron chi connectivity index (χ2n) is 8.28. The number of amides is 2. The van der Waals surface area contributed by atoms with Crippen LogP contribution < -0.4 is 9.62 Å². The van der Waals surface area contributed by atoms with E-state index in [2.05, 4.69) is 5.32 Å². The molecule has 0 saturated heterocycles. The van der Waals surface area contributed by atoms with Gasteiger partial charge in [-0.15, -0.1) is 0 Å². The summed E-state index contributed by atoms with van der Waals surface area (Å²) in [5.41, 5.74) is 1.06. The Hall–Kier alpha value is -3.07. The van der Waals surface area contributed by atoms with Gasteiger partial charge in [0.1, 0.15) is 12.6 Å². The van der Waals surface area contributed by atoms with Crippen molar-refractivity contribution in [2.45, 2.75) is 30.7 Å². The van der Waals surface area contributed by atoms with Crippen LogP contribution in [0.3, 0.4) is 0 Å². The van der Waals surface area contributed by atoms with Crippen LogP contribution in [-0.4, -0.2) is 51.3 Å². The fourth-order valence-corrected chi connectivity index (χ4v) is 5.85. The SMILES string of the molecule is CCC(C(=O)NC)N(CCc1ccccc1)C(=O)CN(c1cc(Cl)ccc1Cl)S(=O)(=O)c1ccccc1. The highest BCUT2D eigenvalue weighted by atomic mass is 35.5. The lowest BCUT2D eigenvalue weighted by molar-refractivity contribution is -0.139. The lowest BCUT2D eigenvalue weighted by Gasteiger charge is -2.33. The van der Waals surface area contributed by atoms with Crippen molar-refractivity contribution in [3.63, 3.8) is 0 Å². The third-order valence-corrected chi connectivity index (χ3v) is 8.23. The summed E-state index contributed by atoms with van der Waals surface area (Å²) in [4.78, 5) is 27.9. The minimum atomic E-state index is -4.21. The lowest BCUT2D eigenvalue weighted by atomic mass is 10.1. The zero-order valence-corrected chi connectivity index (χ0v) is 22.9. The topological polar surface area (TPSA) is 86.8 Å². The van der Waals surface area contributed by atoms with Gasteiger partial charge in [-0.25, -0.2) is 8.42 Å². The molecule has 0 aliphatic heterocycles. The molecule has 0 saturated carbocycles. The van der Waals surface area contributed by atoms with Crippen molar-refractivity contribution in [3.8, 4) is 0 Å². The van der Waals surface area contributed by atoms with Crippen LogP contribution in [0.5, 0.6) is 0 Å². The van der Waals surface area contributed by atoms with Crippen LogP contribution in [0.1, 0.15) is 18.9 Å². The Labute approximate surface area is 228 Å². The van der Waals surface area contributed by atoms with Gasteiger partial charge in [0.25, 0.3) is 10.0 Å². The Morgan fingerprint density at radius 3 is 2.16 bits per heavy atom. The first-order chi connectivity index (χ1) is 17.7. The van der Waals surface area contributed by atoms with Crippen molar-refractivity contribution < 1.29 is 18.0 Å². The van der Waals surface area contributed by atoms with Crippen molar-refractivity contribution in [2.75, 3.05) is 24.4 Å². The maximum atomic E-state index is 13.8. The molecule has 0 radical (unpaired) electrons. The van der Waals surface area contributed by atoms with Crippen molar-refractivity contribution in [2.24, 2.45) is 0 Å². The zero-order valence-electron chi connectivity index (χ0n) is 20.6. The van der Waals surface area contributed by atoms with E-state index in [9.17, 15) is 18.0 Å². The van der Waals surface area contributed by atoms with Gasteiger partial charge in [-0.05, 0) is 48.7 Å². The fraction of sp³-hybridized carbons (Fsp3) is 0.259. The molecule has 1 N–H and O–H groups in total. The molecule has 10 heteroatoms. The molecular weight excluding hydrogens is 533 g/mol. The van der Waals surface area contributed by atoms with Crippen molar-refractivity contribution in [1.29, 1.82) is 0 Å². The summed E-state index contributed by atoms with van der Waals surface area (Å²) in [6, 6.07) is 21.0. The highest BCUT2D eigenvalue weighted by Crippen LogP contribution is 2.33. The van der Waals surface area contributed by atoms with Crippen LogP contribution in [0.15, 0.2) is 83.8 Å². The Bertz CT molecular complexity index is 1320. The molecular formula is C27H29Cl2N3O4S. The molecule has 0 spiro atoms. The third kappa shape index (κ3) is 7.03. The van der Waals surface area contributed by atoms with Gasteiger partial charge < -0.3 is 10.2 Å². The van der Waals surface area contributed by atoms with Gasteiger partial charge >= 0.3 is 0 Å². The molecule has 0 aliphatic carbocycles. The number of carbonyl (C=O) groups is 2. The minimum absolute atomic E-state index is 0.00646. The number of hydrogen-bond acceptors (Lipinski definition) is 4. The molecule has 0 fully saturated rings. The number of sulfonamides is 1. The highest BCUT2D eigenvalue weighted by molar-refractivity contribution is 7.92. The Morgan fingerprint density at radius 2 is 1.57 bits per heavy atom. The average Bonchev–Trinajstić information content (AvgIpc) is 2.91. The van der Waals surface area contributed by atoms with Gasteiger partial charge in [0.15, 0.2) is 0 Å². The zero-order chi connectivity index (χ0) is 27.0. The molecule has 1 unspecified atom stereocenters. The molecule has 3 aromatic rings. The van der Waals surface area contributed by atoms with E-state index >= 15 is 0 Å². The first-order valence-corrected chi connectivity index (χ1v) is 14.0. The molecule has 196 valence electrons. The van der Waals surface area contributed by atoms with Gasteiger partial charge in [-0.2, -0.15) is 0 Å². The minimum Gasteiger partial charge on any atom is -0.357 e. The average molecular weight is 563 g/mol. The predicted molar refractivity (Wildman–Crippen MR) is 147 cm³/mol. The van der Waals surface area contributed by atoms with E-state index in [0.717, 1.165) is 9.87 Å². The number of anilines is 1. The number of nitrogens with zero attached hydrogens (tertiary/aromatic N) is 2. The molecule has 0 bridgehead atoms. The molecule has 7 nitrogen and oxygen atoms in total. The highest BCUT2D eigenvalue weighted by Gasteiger charge is 2.34. The molecule has 0 aliphatic rings. The van der Waals surface area contributed by atoms with Crippen molar-refractivity contribution in [3.05, 3.63) is 94.5 Å². The summed E-state index contributed by atoms with van der Waals surface area (Å²) >= 11 is 12.6. The quantitative estimate of drug-likeness (QED) is 0.364. The normalized spacial score (nSPS) is 12.0. The summed E-state index contributed by atoms with van der Waals surface area (Å²) in [6.07, 6.45) is 0.840. The van der Waals surface area contributed by atoms with E-state index in [-0.39, 0.29) is 33.1 Å².